The molecule has 128 valence electrons. The smallest absolute Gasteiger partial charge is 0.230 e. The van der Waals surface area contributed by atoms with E-state index in [9.17, 15) is 4.79 Å². The van der Waals surface area contributed by atoms with Crippen molar-refractivity contribution in [2.45, 2.75) is 38.4 Å². The van der Waals surface area contributed by atoms with Crippen molar-refractivity contribution in [3.8, 4) is 10.6 Å². The van der Waals surface area contributed by atoms with Crippen LogP contribution in [-0.4, -0.2) is 23.2 Å². The Labute approximate surface area is 152 Å². The molecule has 0 aliphatic heterocycles. The number of nitrogens with zero attached hydrogens (tertiary/aromatic N) is 1. The number of carbonyl (C=O) groups excluding carboxylic acids is 1. The number of carbonyl (C=O) groups is 1. The molecule has 0 bridgehead atoms. The van der Waals surface area contributed by atoms with Crippen molar-refractivity contribution >= 4 is 29.0 Å². The third kappa shape index (κ3) is 5.08. The summed E-state index contributed by atoms with van der Waals surface area (Å²) >= 11 is 3.31. The standard InChI is InChI=1S/C19H24N2OS2/c1-13(2)15-5-7-16(8-6-15)19-21-17(11-24-19)10-23-12-18(22)20-9-14-3-4-14/h5-8,11,13-14H,3-4,9-10,12H2,1-2H3,(H,20,22). The Morgan fingerprint density at radius 3 is 2.75 bits per heavy atom. The highest BCUT2D eigenvalue weighted by molar-refractivity contribution is 7.99. The highest BCUT2D eigenvalue weighted by Crippen LogP contribution is 2.28. The van der Waals surface area contributed by atoms with Gasteiger partial charge in [-0.1, -0.05) is 38.1 Å². The number of hydrogen-bond donors (Lipinski definition) is 1. The minimum atomic E-state index is 0.145. The van der Waals surface area contributed by atoms with Gasteiger partial charge in [-0.2, -0.15) is 0 Å². The number of benzene rings is 1. The van der Waals surface area contributed by atoms with Gasteiger partial charge in [0.2, 0.25) is 5.91 Å². The van der Waals surface area contributed by atoms with Crippen molar-refractivity contribution in [2.75, 3.05) is 12.3 Å². The van der Waals surface area contributed by atoms with Crippen LogP contribution < -0.4 is 5.32 Å². The van der Waals surface area contributed by atoms with Gasteiger partial charge in [-0.25, -0.2) is 4.98 Å². The summed E-state index contributed by atoms with van der Waals surface area (Å²) in [7, 11) is 0. The third-order valence-electron chi connectivity index (χ3n) is 4.14. The number of thiazole rings is 1. The molecule has 3 nitrogen and oxygen atoms in total. The fraction of sp³-hybridized carbons (Fsp3) is 0.474. The van der Waals surface area contributed by atoms with E-state index in [1.165, 1.54) is 24.0 Å². The normalized spacial score (nSPS) is 14.1. The van der Waals surface area contributed by atoms with Crippen molar-refractivity contribution in [1.29, 1.82) is 0 Å². The number of thioether (sulfide) groups is 1. The summed E-state index contributed by atoms with van der Waals surface area (Å²) in [6.07, 6.45) is 2.54. The zero-order chi connectivity index (χ0) is 16.9. The van der Waals surface area contributed by atoms with Crippen molar-refractivity contribution in [1.82, 2.24) is 10.3 Å². The molecule has 1 heterocycles. The van der Waals surface area contributed by atoms with E-state index >= 15 is 0 Å². The maximum absolute atomic E-state index is 11.7. The summed E-state index contributed by atoms with van der Waals surface area (Å²) in [6.45, 7) is 5.26. The summed E-state index contributed by atoms with van der Waals surface area (Å²) in [5.74, 6) is 2.74. The van der Waals surface area contributed by atoms with Crippen LogP contribution in [0.25, 0.3) is 10.6 Å². The predicted molar refractivity (Wildman–Crippen MR) is 104 cm³/mol. The number of aromatic nitrogens is 1. The van der Waals surface area contributed by atoms with Gasteiger partial charge >= 0.3 is 0 Å². The third-order valence-corrected chi connectivity index (χ3v) is 6.05. The van der Waals surface area contributed by atoms with Gasteiger partial charge in [0.15, 0.2) is 0 Å². The molecule has 1 aliphatic carbocycles. The van der Waals surface area contributed by atoms with Crippen LogP contribution in [0.15, 0.2) is 29.6 Å². The molecule has 1 fully saturated rings. The predicted octanol–water partition coefficient (Wildman–Crippen LogP) is 4.69. The number of hydrogen-bond acceptors (Lipinski definition) is 4. The van der Waals surface area contributed by atoms with Crippen molar-refractivity contribution < 1.29 is 4.79 Å². The lowest BCUT2D eigenvalue weighted by Gasteiger charge is -2.05. The minimum absolute atomic E-state index is 0.145. The second-order valence-corrected chi connectivity index (χ2v) is 8.50. The second kappa shape index (κ2) is 8.17. The Hall–Kier alpha value is -1.33. The molecule has 1 aromatic heterocycles. The lowest BCUT2D eigenvalue weighted by Crippen LogP contribution is -2.27. The van der Waals surface area contributed by atoms with Crippen LogP contribution in [0.3, 0.4) is 0 Å². The monoisotopic (exact) mass is 360 g/mol. The van der Waals surface area contributed by atoms with Gasteiger partial charge in [-0.3, -0.25) is 4.79 Å². The molecule has 1 aliphatic rings. The van der Waals surface area contributed by atoms with Gasteiger partial charge in [0.05, 0.1) is 11.4 Å². The molecule has 0 saturated heterocycles. The highest BCUT2D eigenvalue weighted by Gasteiger charge is 2.21. The van der Waals surface area contributed by atoms with E-state index in [4.69, 9.17) is 4.98 Å². The van der Waals surface area contributed by atoms with Gasteiger partial charge in [0, 0.05) is 23.2 Å². The number of amides is 1. The van der Waals surface area contributed by atoms with Crippen molar-refractivity contribution in [3.05, 3.63) is 40.9 Å². The van der Waals surface area contributed by atoms with E-state index in [1.54, 1.807) is 23.1 Å². The molecule has 0 spiro atoms. The quantitative estimate of drug-likeness (QED) is 0.742. The van der Waals surface area contributed by atoms with E-state index in [0.29, 0.717) is 11.7 Å². The average Bonchev–Trinajstić information content (AvgIpc) is 3.30. The summed E-state index contributed by atoms with van der Waals surface area (Å²) in [5, 5.41) is 6.15. The fourth-order valence-corrected chi connectivity index (χ4v) is 4.07. The van der Waals surface area contributed by atoms with Crippen LogP contribution in [-0.2, 0) is 10.5 Å². The number of nitrogens with one attached hydrogen (secondary N) is 1. The Bertz CT molecular complexity index is 675. The lowest BCUT2D eigenvalue weighted by molar-refractivity contribution is -0.118. The Morgan fingerprint density at radius 2 is 2.08 bits per heavy atom. The summed E-state index contributed by atoms with van der Waals surface area (Å²) in [4.78, 5) is 16.4. The molecule has 2 aromatic rings. The summed E-state index contributed by atoms with van der Waals surface area (Å²) < 4.78 is 0. The first-order valence-electron chi connectivity index (χ1n) is 8.51. The Morgan fingerprint density at radius 1 is 1.33 bits per heavy atom. The van der Waals surface area contributed by atoms with Gasteiger partial charge < -0.3 is 5.32 Å². The molecule has 1 aromatic carbocycles. The summed E-state index contributed by atoms with van der Waals surface area (Å²) in [6, 6.07) is 8.66. The van der Waals surface area contributed by atoms with Crippen molar-refractivity contribution in [2.24, 2.45) is 5.92 Å². The van der Waals surface area contributed by atoms with E-state index in [0.717, 1.165) is 28.9 Å². The maximum atomic E-state index is 11.7. The molecule has 5 heteroatoms. The van der Waals surface area contributed by atoms with E-state index in [-0.39, 0.29) is 5.91 Å². The van der Waals surface area contributed by atoms with Crippen LogP contribution in [0.5, 0.6) is 0 Å². The molecule has 1 saturated carbocycles. The van der Waals surface area contributed by atoms with Crippen LogP contribution in [0, 0.1) is 5.92 Å². The molecule has 0 atom stereocenters. The van der Waals surface area contributed by atoms with Crippen LogP contribution in [0.4, 0.5) is 0 Å². The van der Waals surface area contributed by atoms with E-state index in [1.807, 2.05) is 0 Å². The van der Waals surface area contributed by atoms with Gasteiger partial charge in [0.25, 0.3) is 0 Å². The van der Waals surface area contributed by atoms with Crippen molar-refractivity contribution in [3.63, 3.8) is 0 Å². The second-order valence-electron chi connectivity index (χ2n) is 6.66. The first-order valence-corrected chi connectivity index (χ1v) is 10.5. The molecule has 0 unspecified atom stereocenters. The summed E-state index contributed by atoms with van der Waals surface area (Å²) in [5.41, 5.74) is 3.58. The maximum Gasteiger partial charge on any atom is 0.230 e. The first-order chi connectivity index (χ1) is 11.6. The van der Waals surface area contributed by atoms with Crippen LogP contribution in [0.2, 0.25) is 0 Å². The fourth-order valence-electron chi connectivity index (χ4n) is 2.40. The largest absolute Gasteiger partial charge is 0.355 e. The first kappa shape index (κ1) is 17.5. The topological polar surface area (TPSA) is 42.0 Å². The van der Waals surface area contributed by atoms with E-state index < -0.39 is 0 Å². The van der Waals surface area contributed by atoms with Crippen LogP contribution in [0.1, 0.15) is 43.9 Å². The van der Waals surface area contributed by atoms with Gasteiger partial charge in [-0.05, 0) is 30.2 Å². The number of rotatable bonds is 8. The molecular weight excluding hydrogens is 336 g/mol. The highest BCUT2D eigenvalue weighted by atomic mass is 32.2. The molecular formula is C19H24N2OS2. The van der Waals surface area contributed by atoms with Gasteiger partial charge in [0.1, 0.15) is 5.01 Å². The zero-order valence-electron chi connectivity index (χ0n) is 14.2. The molecule has 0 radical (unpaired) electrons. The average molecular weight is 361 g/mol. The molecule has 1 N–H and O–H groups in total. The van der Waals surface area contributed by atoms with E-state index in [2.05, 4.69) is 48.8 Å². The molecule has 24 heavy (non-hydrogen) atoms. The molecule has 1 amide bonds. The Kier molecular flexibility index (Phi) is 5.95. The van der Waals surface area contributed by atoms with Gasteiger partial charge in [-0.15, -0.1) is 23.1 Å². The SMILES string of the molecule is CC(C)c1ccc(-c2nc(CSCC(=O)NCC3CC3)cs2)cc1. The lowest BCUT2D eigenvalue weighted by atomic mass is 10.0. The minimum Gasteiger partial charge on any atom is -0.355 e. The zero-order valence-corrected chi connectivity index (χ0v) is 15.9. The van der Waals surface area contributed by atoms with Crippen LogP contribution >= 0.6 is 23.1 Å². The Balaban J connectivity index is 1.47. The molecule has 3 rings (SSSR count).